The van der Waals surface area contributed by atoms with Crippen LogP contribution in [0.15, 0.2) is 24.5 Å². The number of rotatable bonds is 7. The molecule has 1 atom stereocenters. The van der Waals surface area contributed by atoms with E-state index in [-0.39, 0.29) is 11.7 Å². The number of nitrogens with zero attached hydrogens (tertiary/aromatic N) is 4. The molecule has 0 spiro atoms. The molecule has 2 aromatic heterocycles. The molecule has 1 aromatic carbocycles. The van der Waals surface area contributed by atoms with Crippen molar-refractivity contribution < 1.29 is 10.2 Å². The van der Waals surface area contributed by atoms with Gasteiger partial charge in [0.25, 0.3) is 0 Å². The van der Waals surface area contributed by atoms with Gasteiger partial charge >= 0.3 is 0 Å². The first-order valence-electron chi connectivity index (χ1n) is 9.33. The maximum Gasteiger partial charge on any atom is 0.226 e. The Morgan fingerprint density at radius 3 is 2.68 bits per heavy atom. The second-order valence-corrected chi connectivity index (χ2v) is 7.84. The van der Waals surface area contributed by atoms with Gasteiger partial charge < -0.3 is 25.4 Å². The molecule has 3 rings (SSSR count). The number of phenolic OH excluding ortho intramolecular Hbond substituents is 1. The zero-order valence-corrected chi connectivity index (χ0v) is 17.0. The van der Waals surface area contributed by atoms with Crippen LogP contribution in [0.3, 0.4) is 0 Å². The SMILES string of the molecule is Cc1ccc(O)c(CNc2nc(NCC(C)C(C)(C)O)nc3c2ncn3C)c1. The van der Waals surface area contributed by atoms with Crippen molar-refractivity contribution in [1.29, 1.82) is 0 Å². The highest BCUT2D eigenvalue weighted by molar-refractivity contribution is 5.84. The van der Waals surface area contributed by atoms with E-state index in [0.29, 0.717) is 36.0 Å². The number of hydrogen-bond donors (Lipinski definition) is 4. The summed E-state index contributed by atoms with van der Waals surface area (Å²) in [6.07, 6.45) is 1.69. The Kier molecular flexibility index (Phi) is 5.42. The number of hydrogen-bond acceptors (Lipinski definition) is 7. The van der Waals surface area contributed by atoms with E-state index < -0.39 is 5.60 Å². The molecule has 1 unspecified atom stereocenters. The first-order valence-corrected chi connectivity index (χ1v) is 9.33. The monoisotopic (exact) mass is 384 g/mol. The number of imidazole rings is 1. The molecule has 0 aliphatic rings. The van der Waals surface area contributed by atoms with Gasteiger partial charge in [-0.1, -0.05) is 24.6 Å². The van der Waals surface area contributed by atoms with Crippen molar-refractivity contribution in [2.24, 2.45) is 13.0 Å². The fourth-order valence-electron chi connectivity index (χ4n) is 2.74. The van der Waals surface area contributed by atoms with Crippen molar-refractivity contribution in [2.45, 2.75) is 39.8 Å². The van der Waals surface area contributed by atoms with Crippen LogP contribution in [-0.2, 0) is 13.6 Å². The predicted octanol–water partition coefficient (Wildman–Crippen LogP) is 2.81. The number of aryl methyl sites for hydroxylation is 2. The van der Waals surface area contributed by atoms with E-state index in [2.05, 4.69) is 25.6 Å². The number of nitrogens with one attached hydrogen (secondary N) is 2. The molecule has 0 amide bonds. The van der Waals surface area contributed by atoms with Crippen molar-refractivity contribution in [3.05, 3.63) is 35.7 Å². The Balaban J connectivity index is 1.85. The molecule has 28 heavy (non-hydrogen) atoms. The topological polar surface area (TPSA) is 108 Å². The van der Waals surface area contributed by atoms with Crippen LogP contribution in [0.4, 0.5) is 11.8 Å². The smallest absolute Gasteiger partial charge is 0.226 e. The van der Waals surface area contributed by atoms with Crippen LogP contribution in [0.2, 0.25) is 0 Å². The summed E-state index contributed by atoms with van der Waals surface area (Å²) in [6.45, 7) is 8.46. The third-order valence-corrected chi connectivity index (χ3v) is 5.01. The molecule has 0 aliphatic carbocycles. The van der Waals surface area contributed by atoms with Gasteiger partial charge in [0.2, 0.25) is 5.95 Å². The van der Waals surface area contributed by atoms with Crippen LogP contribution in [-0.4, -0.2) is 41.9 Å². The molecule has 0 fully saturated rings. The summed E-state index contributed by atoms with van der Waals surface area (Å²) in [5.41, 5.74) is 2.42. The Bertz CT molecular complexity index is 977. The second kappa shape index (κ2) is 7.63. The maximum atomic E-state index is 10.1. The van der Waals surface area contributed by atoms with Gasteiger partial charge in [0.15, 0.2) is 17.0 Å². The zero-order valence-electron chi connectivity index (χ0n) is 17.0. The number of aromatic hydroxyl groups is 1. The van der Waals surface area contributed by atoms with Crippen molar-refractivity contribution in [1.82, 2.24) is 19.5 Å². The van der Waals surface area contributed by atoms with Gasteiger partial charge in [-0.3, -0.25) is 0 Å². The van der Waals surface area contributed by atoms with Crippen LogP contribution in [0, 0.1) is 12.8 Å². The lowest BCUT2D eigenvalue weighted by Gasteiger charge is -2.25. The van der Waals surface area contributed by atoms with Crippen molar-refractivity contribution in [3.8, 4) is 5.75 Å². The van der Waals surface area contributed by atoms with E-state index in [1.54, 1.807) is 26.2 Å². The number of anilines is 2. The molecule has 8 heteroatoms. The van der Waals surface area contributed by atoms with E-state index in [4.69, 9.17) is 0 Å². The van der Waals surface area contributed by atoms with Gasteiger partial charge in [0.1, 0.15) is 5.75 Å². The predicted molar refractivity (Wildman–Crippen MR) is 110 cm³/mol. The molecule has 0 saturated carbocycles. The quantitative estimate of drug-likeness (QED) is 0.496. The lowest BCUT2D eigenvalue weighted by molar-refractivity contribution is 0.0303. The zero-order chi connectivity index (χ0) is 20.5. The van der Waals surface area contributed by atoms with E-state index in [9.17, 15) is 10.2 Å². The number of fused-ring (bicyclic) bond motifs is 1. The Hall–Kier alpha value is -2.87. The van der Waals surface area contributed by atoms with Gasteiger partial charge in [-0.15, -0.1) is 0 Å². The van der Waals surface area contributed by atoms with Crippen LogP contribution in [0.5, 0.6) is 5.75 Å². The fourth-order valence-corrected chi connectivity index (χ4v) is 2.74. The molecule has 0 saturated heterocycles. The van der Waals surface area contributed by atoms with Crippen molar-refractivity contribution in [3.63, 3.8) is 0 Å². The standard InChI is InChI=1S/C20H28N6O2/c1-12-6-7-15(27)14(8-12)10-21-17-16-18(26(5)11-23-16)25-19(24-17)22-9-13(2)20(3,4)28/h6-8,11,13,27-28H,9-10H2,1-5H3,(H2,21,22,24,25). The average molecular weight is 384 g/mol. The third-order valence-electron chi connectivity index (χ3n) is 5.01. The fraction of sp³-hybridized carbons (Fsp3) is 0.450. The largest absolute Gasteiger partial charge is 0.508 e. The lowest BCUT2D eigenvalue weighted by atomic mass is 9.93. The molecule has 0 radical (unpaired) electrons. The summed E-state index contributed by atoms with van der Waals surface area (Å²) in [4.78, 5) is 13.5. The lowest BCUT2D eigenvalue weighted by Crippen LogP contribution is -2.33. The van der Waals surface area contributed by atoms with E-state index in [0.717, 1.165) is 11.1 Å². The second-order valence-electron chi connectivity index (χ2n) is 7.84. The van der Waals surface area contributed by atoms with Gasteiger partial charge in [-0.05, 0) is 26.8 Å². The molecule has 4 N–H and O–H groups in total. The third kappa shape index (κ3) is 4.33. The summed E-state index contributed by atoms with van der Waals surface area (Å²) in [5, 5.41) is 26.7. The van der Waals surface area contributed by atoms with Crippen LogP contribution in [0.25, 0.3) is 11.2 Å². The molecule has 0 bridgehead atoms. The molecule has 3 aromatic rings. The minimum atomic E-state index is -0.798. The number of aromatic nitrogens is 4. The normalized spacial score (nSPS) is 12.9. The van der Waals surface area contributed by atoms with Gasteiger partial charge in [-0.2, -0.15) is 9.97 Å². The van der Waals surface area contributed by atoms with E-state index >= 15 is 0 Å². The Morgan fingerprint density at radius 2 is 1.96 bits per heavy atom. The minimum absolute atomic E-state index is 0.0129. The number of phenols is 1. The van der Waals surface area contributed by atoms with Gasteiger partial charge in [-0.25, -0.2) is 4.98 Å². The molecule has 0 aliphatic heterocycles. The van der Waals surface area contributed by atoms with Crippen LogP contribution in [0.1, 0.15) is 31.9 Å². The maximum absolute atomic E-state index is 10.1. The number of benzene rings is 1. The Morgan fingerprint density at radius 1 is 1.21 bits per heavy atom. The molecule has 8 nitrogen and oxygen atoms in total. The van der Waals surface area contributed by atoms with Crippen LogP contribution >= 0.6 is 0 Å². The van der Waals surface area contributed by atoms with Gasteiger partial charge in [0, 0.05) is 31.6 Å². The molecule has 150 valence electrons. The van der Waals surface area contributed by atoms with Crippen LogP contribution < -0.4 is 10.6 Å². The number of aliphatic hydroxyl groups is 1. The summed E-state index contributed by atoms with van der Waals surface area (Å²) < 4.78 is 1.83. The van der Waals surface area contributed by atoms with Gasteiger partial charge in [0.05, 0.1) is 11.9 Å². The highest BCUT2D eigenvalue weighted by Crippen LogP contribution is 2.24. The average Bonchev–Trinajstić information content (AvgIpc) is 3.00. The summed E-state index contributed by atoms with van der Waals surface area (Å²) >= 11 is 0. The molecule has 2 heterocycles. The first-order chi connectivity index (χ1) is 13.1. The minimum Gasteiger partial charge on any atom is -0.508 e. The first kappa shape index (κ1) is 19.9. The highest BCUT2D eigenvalue weighted by Gasteiger charge is 2.22. The highest BCUT2D eigenvalue weighted by atomic mass is 16.3. The summed E-state index contributed by atoms with van der Waals surface area (Å²) in [7, 11) is 1.88. The van der Waals surface area contributed by atoms with E-state index in [1.165, 1.54) is 0 Å². The Labute approximate surface area is 164 Å². The van der Waals surface area contributed by atoms with E-state index in [1.807, 2.05) is 37.6 Å². The van der Waals surface area contributed by atoms with Crippen molar-refractivity contribution >= 4 is 22.9 Å². The molecular weight excluding hydrogens is 356 g/mol. The summed E-state index contributed by atoms with van der Waals surface area (Å²) in [6, 6.07) is 5.49. The summed E-state index contributed by atoms with van der Waals surface area (Å²) in [5.74, 6) is 1.30. The molecular formula is C20H28N6O2. The van der Waals surface area contributed by atoms with Crippen molar-refractivity contribution in [2.75, 3.05) is 17.2 Å².